The zero-order chi connectivity index (χ0) is 14.8. The highest BCUT2D eigenvalue weighted by atomic mass is 16.4. The lowest BCUT2D eigenvalue weighted by atomic mass is 10.2. The van der Waals surface area contributed by atoms with Crippen LogP contribution in [-0.2, 0) is 6.54 Å². The number of hydrogen-bond donors (Lipinski definition) is 1. The van der Waals surface area contributed by atoms with Crippen molar-refractivity contribution in [2.75, 3.05) is 19.6 Å². The van der Waals surface area contributed by atoms with Gasteiger partial charge in [-0.15, -0.1) is 0 Å². The summed E-state index contributed by atoms with van der Waals surface area (Å²) in [5, 5.41) is 0.944. The first-order valence-corrected chi connectivity index (χ1v) is 7.44. The molecule has 2 heterocycles. The molecule has 0 radical (unpaired) electrons. The van der Waals surface area contributed by atoms with Crippen molar-refractivity contribution in [2.45, 2.75) is 20.4 Å². The van der Waals surface area contributed by atoms with E-state index >= 15 is 0 Å². The van der Waals surface area contributed by atoms with Crippen LogP contribution in [0.25, 0.3) is 22.0 Å². The number of imidazole rings is 1. The number of quaternary nitrogens is 1. The molecular formula is C16H20N3O2+. The smallest absolute Gasteiger partial charge is 0.364 e. The highest BCUT2D eigenvalue weighted by Gasteiger charge is 2.13. The molecule has 5 heteroatoms. The van der Waals surface area contributed by atoms with E-state index in [2.05, 4.69) is 23.4 Å². The van der Waals surface area contributed by atoms with Gasteiger partial charge < -0.3 is 13.9 Å². The Bertz CT molecular complexity index is 815. The summed E-state index contributed by atoms with van der Waals surface area (Å²) in [7, 11) is 0. The standard InChI is InChI=1S/C16H19N3O2/c1-3-18(4-2)9-10-19-11-17-14-15(19)12-7-5-6-8-13(12)21-16(14)20/h5-8,11H,3-4,9-10H2,1-2H3/p+1. The fourth-order valence-electron chi connectivity index (χ4n) is 2.77. The molecule has 0 atom stereocenters. The maximum absolute atomic E-state index is 12.0. The van der Waals surface area contributed by atoms with Gasteiger partial charge in [-0.05, 0) is 26.0 Å². The molecule has 0 aliphatic rings. The first kappa shape index (κ1) is 13.8. The van der Waals surface area contributed by atoms with E-state index in [1.165, 1.54) is 4.90 Å². The number of nitrogens with zero attached hydrogens (tertiary/aromatic N) is 2. The van der Waals surface area contributed by atoms with Gasteiger partial charge in [-0.2, -0.15) is 0 Å². The van der Waals surface area contributed by atoms with Gasteiger partial charge in [-0.1, -0.05) is 12.1 Å². The van der Waals surface area contributed by atoms with Crippen molar-refractivity contribution in [3.8, 4) is 0 Å². The van der Waals surface area contributed by atoms with E-state index in [0.717, 1.165) is 37.1 Å². The van der Waals surface area contributed by atoms with E-state index in [0.29, 0.717) is 11.1 Å². The Balaban J connectivity index is 2.09. The van der Waals surface area contributed by atoms with E-state index in [9.17, 15) is 4.79 Å². The second-order valence-electron chi connectivity index (χ2n) is 5.23. The highest BCUT2D eigenvalue weighted by Crippen LogP contribution is 2.21. The molecule has 5 nitrogen and oxygen atoms in total. The second kappa shape index (κ2) is 5.69. The molecule has 0 fully saturated rings. The molecule has 0 spiro atoms. The lowest BCUT2D eigenvalue weighted by Gasteiger charge is -2.15. The van der Waals surface area contributed by atoms with Crippen molar-refractivity contribution >= 4 is 22.0 Å². The average Bonchev–Trinajstić information content (AvgIpc) is 2.93. The minimum atomic E-state index is -0.363. The Morgan fingerprint density at radius 3 is 2.76 bits per heavy atom. The Morgan fingerprint density at radius 1 is 1.24 bits per heavy atom. The number of rotatable bonds is 5. The van der Waals surface area contributed by atoms with E-state index in [-0.39, 0.29) is 5.63 Å². The number of likely N-dealkylation sites (N-methyl/N-ethyl adjacent to an activating group) is 1. The maximum Gasteiger partial charge on any atom is 0.364 e. The molecule has 0 aliphatic carbocycles. The molecule has 2 aromatic heterocycles. The molecule has 1 N–H and O–H groups in total. The Kier molecular flexibility index (Phi) is 3.75. The van der Waals surface area contributed by atoms with Gasteiger partial charge >= 0.3 is 5.63 Å². The van der Waals surface area contributed by atoms with Crippen LogP contribution < -0.4 is 10.5 Å². The lowest BCUT2D eigenvalue weighted by molar-refractivity contribution is -0.897. The van der Waals surface area contributed by atoms with Gasteiger partial charge in [0.25, 0.3) is 0 Å². The van der Waals surface area contributed by atoms with Crippen LogP contribution in [0.4, 0.5) is 0 Å². The largest absolute Gasteiger partial charge is 0.421 e. The quantitative estimate of drug-likeness (QED) is 0.714. The summed E-state index contributed by atoms with van der Waals surface area (Å²) >= 11 is 0. The van der Waals surface area contributed by atoms with Crippen LogP contribution in [0.5, 0.6) is 0 Å². The van der Waals surface area contributed by atoms with Gasteiger partial charge in [-0.3, -0.25) is 0 Å². The number of benzene rings is 1. The molecule has 0 saturated heterocycles. The fourth-order valence-corrected chi connectivity index (χ4v) is 2.77. The van der Waals surface area contributed by atoms with Gasteiger partial charge in [0.1, 0.15) is 5.58 Å². The summed E-state index contributed by atoms with van der Waals surface area (Å²) in [6.07, 6.45) is 1.75. The van der Waals surface area contributed by atoms with Crippen molar-refractivity contribution in [2.24, 2.45) is 0 Å². The number of nitrogens with one attached hydrogen (secondary N) is 1. The van der Waals surface area contributed by atoms with Crippen molar-refractivity contribution in [3.63, 3.8) is 0 Å². The zero-order valence-electron chi connectivity index (χ0n) is 12.4. The van der Waals surface area contributed by atoms with Crippen molar-refractivity contribution in [3.05, 3.63) is 41.0 Å². The predicted octanol–water partition coefficient (Wildman–Crippen LogP) is 1.07. The third-order valence-corrected chi connectivity index (χ3v) is 4.08. The first-order valence-electron chi connectivity index (χ1n) is 7.44. The molecule has 0 amide bonds. The number of hydrogen-bond acceptors (Lipinski definition) is 3. The third-order valence-electron chi connectivity index (χ3n) is 4.08. The molecular weight excluding hydrogens is 266 g/mol. The average molecular weight is 286 g/mol. The van der Waals surface area contributed by atoms with Crippen LogP contribution in [0.2, 0.25) is 0 Å². The first-order chi connectivity index (χ1) is 10.2. The summed E-state index contributed by atoms with van der Waals surface area (Å²) in [5.74, 6) is 0. The molecule has 3 rings (SSSR count). The van der Waals surface area contributed by atoms with Gasteiger partial charge in [0.2, 0.25) is 0 Å². The Hall–Kier alpha value is -2.14. The lowest BCUT2D eigenvalue weighted by Crippen LogP contribution is -3.11. The molecule has 21 heavy (non-hydrogen) atoms. The number of para-hydroxylation sites is 1. The van der Waals surface area contributed by atoms with Gasteiger partial charge in [-0.25, -0.2) is 9.78 Å². The highest BCUT2D eigenvalue weighted by molar-refractivity contribution is 6.00. The Labute approximate surface area is 122 Å². The van der Waals surface area contributed by atoms with Crippen LogP contribution in [0.3, 0.4) is 0 Å². The molecule has 0 unspecified atom stereocenters. The fraction of sp³-hybridized carbons (Fsp3) is 0.375. The number of fused-ring (bicyclic) bond motifs is 3. The molecule has 110 valence electrons. The van der Waals surface area contributed by atoms with Crippen LogP contribution in [0.1, 0.15) is 13.8 Å². The van der Waals surface area contributed by atoms with Crippen molar-refractivity contribution in [1.82, 2.24) is 9.55 Å². The van der Waals surface area contributed by atoms with Crippen molar-refractivity contribution in [1.29, 1.82) is 0 Å². The van der Waals surface area contributed by atoms with Gasteiger partial charge in [0.15, 0.2) is 5.52 Å². The van der Waals surface area contributed by atoms with E-state index in [1.807, 2.05) is 24.3 Å². The topological polar surface area (TPSA) is 52.5 Å². The molecule has 1 aromatic carbocycles. The normalized spacial score (nSPS) is 11.8. The van der Waals surface area contributed by atoms with Crippen molar-refractivity contribution < 1.29 is 9.32 Å². The van der Waals surface area contributed by atoms with E-state index < -0.39 is 0 Å². The zero-order valence-corrected chi connectivity index (χ0v) is 12.4. The Morgan fingerprint density at radius 2 is 2.00 bits per heavy atom. The summed E-state index contributed by atoms with van der Waals surface area (Å²) in [4.78, 5) is 17.8. The second-order valence-corrected chi connectivity index (χ2v) is 5.23. The monoisotopic (exact) mass is 286 g/mol. The summed E-state index contributed by atoms with van der Waals surface area (Å²) in [6, 6.07) is 7.62. The van der Waals surface area contributed by atoms with E-state index in [4.69, 9.17) is 4.42 Å². The van der Waals surface area contributed by atoms with Crippen LogP contribution >= 0.6 is 0 Å². The van der Waals surface area contributed by atoms with Gasteiger partial charge in [0, 0.05) is 5.39 Å². The SMILES string of the molecule is CC[NH+](CC)CCn1cnc2c(=O)oc3ccccc3c21. The third kappa shape index (κ3) is 2.45. The minimum Gasteiger partial charge on any atom is -0.421 e. The van der Waals surface area contributed by atoms with Crippen LogP contribution in [0, 0.1) is 0 Å². The molecule has 3 aromatic rings. The van der Waals surface area contributed by atoms with Gasteiger partial charge in [0.05, 0.1) is 38.0 Å². The number of aromatic nitrogens is 2. The predicted molar refractivity (Wildman–Crippen MR) is 82.7 cm³/mol. The van der Waals surface area contributed by atoms with Crippen LogP contribution in [-0.4, -0.2) is 29.2 Å². The molecule has 0 aliphatic heterocycles. The maximum atomic E-state index is 12.0. The molecule has 0 bridgehead atoms. The molecule has 0 saturated carbocycles. The summed E-state index contributed by atoms with van der Waals surface area (Å²) < 4.78 is 7.39. The van der Waals surface area contributed by atoms with E-state index in [1.54, 1.807) is 6.33 Å². The summed E-state index contributed by atoms with van der Waals surface area (Å²) in [5.41, 5.74) is 1.56. The minimum absolute atomic E-state index is 0.363. The van der Waals surface area contributed by atoms with Crippen LogP contribution in [0.15, 0.2) is 39.8 Å². The summed E-state index contributed by atoms with van der Waals surface area (Å²) in [6.45, 7) is 8.45.